The van der Waals surface area contributed by atoms with Crippen molar-refractivity contribution in [2.24, 2.45) is 0 Å². The van der Waals surface area contributed by atoms with Crippen LogP contribution in [-0.2, 0) is 14.3 Å². The number of hydrogen-bond acceptors (Lipinski definition) is 8. The highest BCUT2D eigenvalue weighted by atomic mass is 16.7. The van der Waals surface area contributed by atoms with Gasteiger partial charge in [0.25, 0.3) is 0 Å². The van der Waals surface area contributed by atoms with E-state index in [0.29, 0.717) is 6.42 Å². The lowest BCUT2D eigenvalue weighted by atomic mass is 9.99. The van der Waals surface area contributed by atoms with Gasteiger partial charge in [-0.05, 0) is 70.6 Å². The average Bonchev–Trinajstić information content (AvgIpc) is 3.17. The first kappa shape index (κ1) is 50.2. The van der Waals surface area contributed by atoms with Crippen molar-refractivity contribution < 1.29 is 39.8 Å². The Morgan fingerprint density at radius 3 is 1.57 bits per heavy atom. The van der Waals surface area contributed by atoms with Crippen molar-refractivity contribution in [1.82, 2.24) is 5.32 Å². The number of carbonyl (C=O) groups is 1. The first-order chi connectivity index (χ1) is 26.3. The van der Waals surface area contributed by atoms with Gasteiger partial charge in [0.2, 0.25) is 5.91 Å². The normalized spacial score (nSPS) is 21.9. The number of aliphatic hydroxyl groups is 5. The number of hydrogen-bond donors (Lipinski definition) is 6. The largest absolute Gasteiger partial charge is 0.394 e. The summed E-state index contributed by atoms with van der Waals surface area (Å²) in [6, 6.07) is -0.829. The van der Waals surface area contributed by atoms with Gasteiger partial charge in [0.1, 0.15) is 24.4 Å². The molecule has 1 aliphatic heterocycles. The summed E-state index contributed by atoms with van der Waals surface area (Å²) in [7, 11) is 0. The molecular weight excluding hydrogens is 682 g/mol. The van der Waals surface area contributed by atoms with Crippen LogP contribution in [0.15, 0.2) is 48.6 Å². The van der Waals surface area contributed by atoms with Crippen molar-refractivity contribution in [3.8, 4) is 0 Å². The van der Waals surface area contributed by atoms with Crippen LogP contribution in [-0.4, -0.2) is 87.5 Å². The van der Waals surface area contributed by atoms with Crippen molar-refractivity contribution in [3.63, 3.8) is 0 Å². The Hall–Kier alpha value is -1.85. The van der Waals surface area contributed by atoms with Crippen molar-refractivity contribution >= 4 is 5.91 Å². The van der Waals surface area contributed by atoms with Gasteiger partial charge < -0.3 is 40.3 Å². The predicted octanol–water partition coefficient (Wildman–Crippen LogP) is 8.67. The monoisotopic (exact) mass is 764 g/mol. The highest BCUT2D eigenvalue weighted by Crippen LogP contribution is 2.22. The zero-order valence-electron chi connectivity index (χ0n) is 34.2. The fraction of sp³-hybridized carbons (Fsp3) is 0.800. The Morgan fingerprint density at radius 2 is 1.06 bits per heavy atom. The van der Waals surface area contributed by atoms with Crippen LogP contribution in [0.1, 0.15) is 174 Å². The Labute approximate surface area is 329 Å². The van der Waals surface area contributed by atoms with Gasteiger partial charge in [-0.25, -0.2) is 0 Å². The van der Waals surface area contributed by atoms with E-state index in [-0.39, 0.29) is 12.5 Å². The third-order valence-corrected chi connectivity index (χ3v) is 10.1. The number of unbranched alkanes of at least 4 members (excludes halogenated alkanes) is 19. The first-order valence-electron chi connectivity index (χ1n) is 21.9. The summed E-state index contributed by atoms with van der Waals surface area (Å²) < 4.78 is 11.2. The van der Waals surface area contributed by atoms with E-state index in [1.54, 1.807) is 6.08 Å². The maximum absolute atomic E-state index is 12.9. The number of allylic oxidation sites excluding steroid dienone is 7. The zero-order chi connectivity index (χ0) is 39.5. The van der Waals surface area contributed by atoms with Gasteiger partial charge in [-0.3, -0.25) is 4.79 Å². The van der Waals surface area contributed by atoms with Gasteiger partial charge in [-0.1, -0.05) is 146 Å². The maximum Gasteiger partial charge on any atom is 0.220 e. The Bertz CT molecular complexity index is 983. The lowest BCUT2D eigenvalue weighted by Gasteiger charge is -2.40. The summed E-state index contributed by atoms with van der Waals surface area (Å²) >= 11 is 0. The smallest absolute Gasteiger partial charge is 0.220 e. The van der Waals surface area contributed by atoms with Crippen molar-refractivity contribution in [1.29, 1.82) is 0 Å². The number of nitrogens with one attached hydrogen (secondary N) is 1. The molecule has 54 heavy (non-hydrogen) atoms. The molecular formula is C45H81NO8. The molecule has 0 aromatic heterocycles. The van der Waals surface area contributed by atoms with Crippen LogP contribution in [0.5, 0.6) is 0 Å². The molecule has 1 aliphatic rings. The molecule has 1 amide bonds. The molecule has 0 bridgehead atoms. The summed E-state index contributed by atoms with van der Waals surface area (Å²) in [5, 5.41) is 54.1. The summed E-state index contributed by atoms with van der Waals surface area (Å²) in [6.07, 6.45) is 37.2. The molecule has 0 radical (unpaired) electrons. The van der Waals surface area contributed by atoms with Gasteiger partial charge in [0.15, 0.2) is 6.29 Å². The maximum atomic E-state index is 12.9. The number of amides is 1. The van der Waals surface area contributed by atoms with E-state index < -0.39 is 49.5 Å². The summed E-state index contributed by atoms with van der Waals surface area (Å²) in [6.45, 7) is 3.71. The van der Waals surface area contributed by atoms with Gasteiger partial charge >= 0.3 is 0 Å². The molecule has 0 saturated carbocycles. The lowest BCUT2D eigenvalue weighted by molar-refractivity contribution is -0.302. The second-order valence-electron chi connectivity index (χ2n) is 15.1. The highest BCUT2D eigenvalue weighted by molar-refractivity contribution is 5.76. The molecule has 0 aromatic rings. The van der Waals surface area contributed by atoms with E-state index in [1.165, 1.54) is 89.9 Å². The molecule has 0 aromatic carbocycles. The molecule has 0 aliphatic carbocycles. The van der Waals surface area contributed by atoms with Crippen LogP contribution in [0, 0.1) is 0 Å². The van der Waals surface area contributed by atoms with Gasteiger partial charge in [-0.2, -0.15) is 0 Å². The van der Waals surface area contributed by atoms with Crippen molar-refractivity contribution in [2.45, 2.75) is 217 Å². The Morgan fingerprint density at radius 1 is 0.611 bits per heavy atom. The SMILES string of the molecule is CCCCCC/C=C\CCCCCCCCCC(=O)NC(COC1OC(CO)C(O)C(O)C1O)C(O)/C=C/CC/C=C/CC/C=C/CCCCCCCC. The van der Waals surface area contributed by atoms with Crippen LogP contribution in [0.25, 0.3) is 0 Å². The van der Waals surface area contributed by atoms with E-state index in [9.17, 15) is 30.3 Å². The third-order valence-electron chi connectivity index (χ3n) is 10.1. The summed E-state index contributed by atoms with van der Waals surface area (Å²) in [4.78, 5) is 12.9. The van der Waals surface area contributed by atoms with E-state index in [2.05, 4.69) is 55.6 Å². The topological polar surface area (TPSA) is 149 Å². The second kappa shape index (κ2) is 35.6. The predicted molar refractivity (Wildman–Crippen MR) is 221 cm³/mol. The van der Waals surface area contributed by atoms with E-state index in [1.807, 2.05) is 6.08 Å². The van der Waals surface area contributed by atoms with Crippen LogP contribution in [0.4, 0.5) is 0 Å². The summed E-state index contributed by atoms with van der Waals surface area (Å²) in [5.74, 6) is -0.199. The molecule has 0 spiro atoms. The molecule has 7 unspecified atom stereocenters. The van der Waals surface area contributed by atoms with Crippen LogP contribution < -0.4 is 5.32 Å². The van der Waals surface area contributed by atoms with Gasteiger partial charge in [0.05, 0.1) is 25.4 Å². The third kappa shape index (κ3) is 26.1. The first-order valence-corrected chi connectivity index (χ1v) is 21.9. The number of rotatable bonds is 35. The average molecular weight is 764 g/mol. The lowest BCUT2D eigenvalue weighted by Crippen LogP contribution is -2.60. The van der Waals surface area contributed by atoms with Crippen LogP contribution >= 0.6 is 0 Å². The minimum Gasteiger partial charge on any atom is -0.394 e. The van der Waals surface area contributed by atoms with Crippen LogP contribution in [0.3, 0.4) is 0 Å². The number of carbonyl (C=O) groups excluding carboxylic acids is 1. The quantitative estimate of drug-likeness (QED) is 0.0278. The molecule has 1 heterocycles. The van der Waals surface area contributed by atoms with E-state index in [4.69, 9.17) is 9.47 Å². The molecule has 1 fully saturated rings. The van der Waals surface area contributed by atoms with Crippen molar-refractivity contribution in [3.05, 3.63) is 48.6 Å². The van der Waals surface area contributed by atoms with E-state index >= 15 is 0 Å². The fourth-order valence-electron chi connectivity index (χ4n) is 6.53. The molecule has 6 N–H and O–H groups in total. The Balaban J connectivity index is 2.44. The molecule has 1 rings (SSSR count). The highest BCUT2D eigenvalue weighted by Gasteiger charge is 2.44. The Kier molecular flexibility index (Phi) is 33.0. The zero-order valence-corrected chi connectivity index (χ0v) is 34.2. The van der Waals surface area contributed by atoms with E-state index in [0.717, 1.165) is 64.2 Å². The molecule has 1 saturated heterocycles. The summed E-state index contributed by atoms with van der Waals surface area (Å²) in [5.41, 5.74) is 0. The fourth-order valence-corrected chi connectivity index (χ4v) is 6.53. The number of aliphatic hydroxyl groups excluding tert-OH is 5. The van der Waals surface area contributed by atoms with Crippen molar-refractivity contribution in [2.75, 3.05) is 13.2 Å². The molecule has 9 nitrogen and oxygen atoms in total. The molecule has 9 heteroatoms. The van der Waals surface area contributed by atoms with Gasteiger partial charge in [0, 0.05) is 6.42 Å². The van der Waals surface area contributed by atoms with Crippen LogP contribution in [0.2, 0.25) is 0 Å². The standard InChI is InChI=1S/C45H81NO8/c1-3-5-7-9-11-13-15-17-19-21-22-24-26-28-30-32-34-39(48)38(37-53-45-44(52)43(51)42(50)40(36-47)54-45)46-41(49)35-33-31-29-27-25-23-20-18-16-14-12-10-8-6-4-2/h14,16-17,19,24,26,32,34,38-40,42-45,47-48,50-52H,3-13,15,18,20-23,25,27-31,33,35-37H2,1-2H3,(H,46,49)/b16-14-,19-17+,26-24+,34-32+. The minimum atomic E-state index is -1.57. The minimum absolute atomic E-state index is 0.199. The second-order valence-corrected chi connectivity index (χ2v) is 15.1. The number of ether oxygens (including phenoxy) is 2. The molecule has 314 valence electrons. The van der Waals surface area contributed by atoms with Gasteiger partial charge in [-0.15, -0.1) is 0 Å². The molecule has 7 atom stereocenters.